The number of sulfone groups is 1. The summed E-state index contributed by atoms with van der Waals surface area (Å²) >= 11 is 0. The highest BCUT2D eigenvalue weighted by Gasteiger charge is 2.17. The lowest BCUT2D eigenvalue weighted by molar-refractivity contribution is -0.157. The van der Waals surface area contributed by atoms with Crippen LogP contribution in [0.1, 0.15) is 37.5 Å². The summed E-state index contributed by atoms with van der Waals surface area (Å²) < 4.78 is 48.1. The van der Waals surface area contributed by atoms with E-state index in [4.69, 9.17) is 14.7 Å². The van der Waals surface area contributed by atoms with Crippen molar-refractivity contribution < 1.29 is 27.1 Å². The SMILES string of the molecule is CC(C)(C)OC(=O)COc1ccc(C#N)cc1C#Cc1cc(S(C)(=O)=O)ccc1F. The summed E-state index contributed by atoms with van der Waals surface area (Å²) in [6, 6.07) is 9.65. The fourth-order valence-corrected chi connectivity index (χ4v) is 2.94. The molecule has 0 bridgehead atoms. The van der Waals surface area contributed by atoms with Gasteiger partial charge in [0, 0.05) is 6.26 Å². The first-order chi connectivity index (χ1) is 13.9. The summed E-state index contributed by atoms with van der Waals surface area (Å²) in [4.78, 5) is 11.8. The van der Waals surface area contributed by atoms with E-state index in [1.807, 2.05) is 6.07 Å². The lowest BCUT2D eigenvalue weighted by Gasteiger charge is -2.19. The van der Waals surface area contributed by atoms with Crippen LogP contribution >= 0.6 is 0 Å². The minimum atomic E-state index is -3.53. The molecule has 0 heterocycles. The van der Waals surface area contributed by atoms with Gasteiger partial charge in [-0.1, -0.05) is 11.8 Å². The van der Waals surface area contributed by atoms with E-state index in [2.05, 4.69) is 11.8 Å². The van der Waals surface area contributed by atoms with Gasteiger partial charge in [-0.15, -0.1) is 0 Å². The predicted molar refractivity (Wildman–Crippen MR) is 108 cm³/mol. The van der Waals surface area contributed by atoms with Crippen molar-refractivity contribution in [2.24, 2.45) is 0 Å². The molecule has 0 aromatic heterocycles. The van der Waals surface area contributed by atoms with Crippen molar-refractivity contribution in [2.45, 2.75) is 31.3 Å². The number of carbonyl (C=O) groups excluding carboxylic acids is 1. The largest absolute Gasteiger partial charge is 0.481 e. The number of nitrogens with zero attached hydrogens (tertiary/aromatic N) is 1. The second-order valence-electron chi connectivity index (χ2n) is 7.36. The molecule has 0 spiro atoms. The zero-order valence-electron chi connectivity index (χ0n) is 16.9. The number of hydrogen-bond donors (Lipinski definition) is 0. The standard InChI is InChI=1S/C22H20FNO5S/c1-22(2,3)29-21(25)14-28-20-10-5-15(13-24)11-17(20)7-6-16-12-18(30(4,26)27)8-9-19(16)23/h5,8-12H,14H2,1-4H3. The van der Waals surface area contributed by atoms with Crippen LogP contribution in [0, 0.1) is 29.0 Å². The number of carbonyl (C=O) groups is 1. The summed E-state index contributed by atoms with van der Waals surface area (Å²) in [6.45, 7) is 4.80. The number of rotatable bonds is 4. The van der Waals surface area contributed by atoms with Gasteiger partial charge in [-0.2, -0.15) is 5.26 Å². The minimum Gasteiger partial charge on any atom is -0.481 e. The lowest BCUT2D eigenvalue weighted by Crippen LogP contribution is -2.27. The minimum absolute atomic E-state index is 0.0691. The smallest absolute Gasteiger partial charge is 0.344 e. The van der Waals surface area contributed by atoms with E-state index in [1.165, 1.54) is 18.2 Å². The van der Waals surface area contributed by atoms with Crippen molar-refractivity contribution in [2.75, 3.05) is 12.9 Å². The number of esters is 1. The van der Waals surface area contributed by atoms with Crippen molar-refractivity contribution in [3.05, 3.63) is 58.9 Å². The predicted octanol–water partition coefficient (Wildman–Crippen LogP) is 3.22. The van der Waals surface area contributed by atoms with Gasteiger partial charge in [0.2, 0.25) is 0 Å². The third-order valence-electron chi connectivity index (χ3n) is 3.57. The molecule has 0 N–H and O–H groups in total. The van der Waals surface area contributed by atoms with E-state index in [9.17, 15) is 17.6 Å². The molecule has 0 unspecified atom stereocenters. The summed E-state index contributed by atoms with van der Waals surface area (Å²) in [5, 5.41) is 9.11. The van der Waals surface area contributed by atoms with Crippen molar-refractivity contribution in [1.29, 1.82) is 5.26 Å². The van der Waals surface area contributed by atoms with Crippen molar-refractivity contribution in [3.8, 4) is 23.7 Å². The van der Waals surface area contributed by atoms with Crippen LogP contribution in [0.3, 0.4) is 0 Å². The molecule has 8 heteroatoms. The van der Waals surface area contributed by atoms with Gasteiger partial charge in [0.25, 0.3) is 0 Å². The normalized spacial score (nSPS) is 11.1. The van der Waals surface area contributed by atoms with Crippen LogP contribution in [0.15, 0.2) is 41.3 Å². The molecule has 0 saturated carbocycles. The summed E-state index contributed by atoms with van der Waals surface area (Å²) in [5.41, 5.74) is -0.273. The summed E-state index contributed by atoms with van der Waals surface area (Å²) in [5.74, 6) is 4.17. The average Bonchev–Trinajstić information content (AvgIpc) is 2.63. The molecule has 30 heavy (non-hydrogen) atoms. The zero-order valence-corrected chi connectivity index (χ0v) is 17.8. The summed E-state index contributed by atoms with van der Waals surface area (Å²) in [6.07, 6.45) is 1.01. The molecule has 0 atom stereocenters. The van der Waals surface area contributed by atoms with Gasteiger partial charge in [-0.05, 0) is 57.2 Å². The molecule has 0 fully saturated rings. The van der Waals surface area contributed by atoms with Crippen LogP contribution in [-0.4, -0.2) is 32.9 Å². The molecule has 0 aliphatic carbocycles. The van der Waals surface area contributed by atoms with Gasteiger partial charge in [-0.3, -0.25) is 0 Å². The Morgan fingerprint density at radius 1 is 1.10 bits per heavy atom. The molecule has 2 aromatic rings. The van der Waals surface area contributed by atoms with Crippen molar-refractivity contribution in [1.82, 2.24) is 0 Å². The number of hydrogen-bond acceptors (Lipinski definition) is 6. The van der Waals surface area contributed by atoms with Crippen molar-refractivity contribution >= 4 is 15.8 Å². The highest BCUT2D eigenvalue weighted by Crippen LogP contribution is 2.21. The Balaban J connectivity index is 2.37. The molecule has 0 aliphatic rings. The molecule has 0 amide bonds. The Labute approximate surface area is 175 Å². The van der Waals surface area contributed by atoms with E-state index in [0.717, 1.165) is 24.5 Å². The Bertz CT molecular complexity index is 1180. The molecule has 0 saturated heterocycles. The van der Waals surface area contributed by atoms with Gasteiger partial charge >= 0.3 is 5.97 Å². The van der Waals surface area contributed by atoms with Crippen LogP contribution in [0.4, 0.5) is 4.39 Å². The third kappa shape index (κ3) is 6.61. The van der Waals surface area contributed by atoms with Crippen LogP contribution in [-0.2, 0) is 19.4 Å². The first kappa shape index (κ1) is 22.9. The molecule has 2 aromatic carbocycles. The molecule has 156 valence electrons. The number of benzene rings is 2. The van der Waals surface area contributed by atoms with E-state index in [-0.39, 0.29) is 33.9 Å². The van der Waals surface area contributed by atoms with Crippen molar-refractivity contribution in [3.63, 3.8) is 0 Å². The zero-order chi connectivity index (χ0) is 22.5. The fraction of sp³-hybridized carbons (Fsp3) is 0.273. The Morgan fingerprint density at radius 3 is 2.37 bits per heavy atom. The van der Waals surface area contributed by atoms with Crippen LogP contribution in [0.2, 0.25) is 0 Å². The maximum atomic E-state index is 14.1. The quantitative estimate of drug-likeness (QED) is 0.421. The summed E-state index contributed by atoms with van der Waals surface area (Å²) in [7, 11) is -3.53. The van der Waals surface area contributed by atoms with E-state index in [0.29, 0.717) is 0 Å². The molecular formula is C22H20FNO5S. The number of halogens is 1. The highest BCUT2D eigenvalue weighted by atomic mass is 32.2. The number of ether oxygens (including phenoxy) is 2. The van der Waals surface area contributed by atoms with Gasteiger partial charge in [-0.25, -0.2) is 17.6 Å². The van der Waals surface area contributed by atoms with Crippen LogP contribution in [0.5, 0.6) is 5.75 Å². The second-order valence-corrected chi connectivity index (χ2v) is 9.38. The molecule has 0 radical (unpaired) electrons. The van der Waals surface area contributed by atoms with E-state index < -0.39 is 27.2 Å². The fourth-order valence-electron chi connectivity index (χ4n) is 2.30. The van der Waals surface area contributed by atoms with Gasteiger partial charge in [0.1, 0.15) is 17.2 Å². The third-order valence-corrected chi connectivity index (χ3v) is 4.68. The Hall–Kier alpha value is -3.36. The first-order valence-electron chi connectivity index (χ1n) is 8.79. The second kappa shape index (κ2) is 8.98. The number of nitriles is 1. The highest BCUT2D eigenvalue weighted by molar-refractivity contribution is 7.90. The Kier molecular flexibility index (Phi) is 6.86. The molecule has 0 aliphatic heterocycles. The molecule has 2 rings (SSSR count). The van der Waals surface area contributed by atoms with Gasteiger partial charge in [0.15, 0.2) is 16.4 Å². The lowest BCUT2D eigenvalue weighted by atomic mass is 10.1. The van der Waals surface area contributed by atoms with E-state index in [1.54, 1.807) is 20.8 Å². The van der Waals surface area contributed by atoms with Gasteiger partial charge < -0.3 is 9.47 Å². The maximum Gasteiger partial charge on any atom is 0.344 e. The van der Waals surface area contributed by atoms with E-state index >= 15 is 0 Å². The van der Waals surface area contributed by atoms with Crippen LogP contribution < -0.4 is 4.74 Å². The van der Waals surface area contributed by atoms with Crippen LogP contribution in [0.25, 0.3) is 0 Å². The average molecular weight is 429 g/mol. The first-order valence-corrected chi connectivity index (χ1v) is 10.7. The van der Waals surface area contributed by atoms with Gasteiger partial charge in [0.05, 0.1) is 27.7 Å². The Morgan fingerprint density at radius 2 is 1.77 bits per heavy atom. The maximum absolute atomic E-state index is 14.1. The molecule has 6 nitrogen and oxygen atoms in total. The topological polar surface area (TPSA) is 93.5 Å². The molecular weight excluding hydrogens is 409 g/mol. The monoisotopic (exact) mass is 429 g/mol.